The van der Waals surface area contributed by atoms with Gasteiger partial charge in [0.1, 0.15) is 5.60 Å². The van der Waals surface area contributed by atoms with Gasteiger partial charge < -0.3 is 14.8 Å². The van der Waals surface area contributed by atoms with Crippen LogP contribution >= 0.6 is 11.3 Å². The average Bonchev–Trinajstić information content (AvgIpc) is 2.96. The number of nitrogens with one attached hydrogen (secondary N) is 1. The number of hydrogen-bond acceptors (Lipinski definition) is 5. The predicted octanol–water partition coefficient (Wildman–Crippen LogP) is 5.33. The van der Waals surface area contributed by atoms with E-state index in [2.05, 4.69) is 18.3 Å². The van der Waals surface area contributed by atoms with Gasteiger partial charge in [0.2, 0.25) is 0 Å². The Morgan fingerprint density at radius 1 is 1.22 bits per heavy atom. The lowest BCUT2D eigenvalue weighted by molar-refractivity contribution is 0.0489. The summed E-state index contributed by atoms with van der Waals surface area (Å²) in [5.74, 6) is 0.158. The van der Waals surface area contributed by atoms with Crippen LogP contribution in [-0.2, 0) is 9.47 Å². The molecule has 0 saturated heterocycles. The minimum Gasteiger partial charge on any atom is -0.465 e. The summed E-state index contributed by atoms with van der Waals surface area (Å²) >= 11 is 1.61. The Hall–Kier alpha value is -1.82. The van der Waals surface area contributed by atoms with Crippen LogP contribution in [0.25, 0.3) is 5.57 Å². The van der Waals surface area contributed by atoms with Gasteiger partial charge in [-0.05, 0) is 77.4 Å². The van der Waals surface area contributed by atoms with Crippen LogP contribution in [0.5, 0.6) is 0 Å². The Balaban J connectivity index is 1.99. The van der Waals surface area contributed by atoms with Crippen LogP contribution in [0, 0.1) is 12.8 Å². The smallest absolute Gasteiger partial charge is 0.407 e. The highest BCUT2D eigenvalue weighted by Gasteiger charge is 2.28. The second kappa shape index (κ2) is 8.91. The van der Waals surface area contributed by atoms with Gasteiger partial charge in [0, 0.05) is 16.3 Å². The number of esters is 1. The maximum atomic E-state index is 12.0. The Morgan fingerprint density at radius 3 is 2.37 bits per heavy atom. The lowest BCUT2D eigenvalue weighted by Crippen LogP contribution is -2.41. The Labute approximate surface area is 166 Å². The third-order valence-corrected chi connectivity index (χ3v) is 6.04. The van der Waals surface area contributed by atoms with Gasteiger partial charge in [0.05, 0.1) is 12.7 Å². The molecular formula is C21H31NO4S. The maximum absolute atomic E-state index is 12.0. The van der Waals surface area contributed by atoms with Crippen LogP contribution in [0.4, 0.5) is 4.79 Å². The van der Waals surface area contributed by atoms with Gasteiger partial charge in [-0.2, -0.15) is 0 Å². The number of methoxy groups -OCH3 is 1. The predicted molar refractivity (Wildman–Crippen MR) is 109 cm³/mol. The van der Waals surface area contributed by atoms with Crippen molar-refractivity contribution in [3.05, 3.63) is 27.5 Å². The molecule has 1 aromatic heterocycles. The van der Waals surface area contributed by atoms with Gasteiger partial charge in [-0.3, -0.25) is 0 Å². The molecule has 0 bridgehead atoms. The molecule has 5 nitrogen and oxygen atoms in total. The molecule has 27 heavy (non-hydrogen) atoms. The number of carbonyl (C=O) groups excluding carboxylic acids is 2. The van der Waals surface area contributed by atoms with Crippen LogP contribution in [0.1, 0.15) is 74.2 Å². The molecule has 2 rings (SSSR count). The summed E-state index contributed by atoms with van der Waals surface area (Å²) in [5.41, 5.74) is 2.46. The number of amides is 1. The van der Waals surface area contributed by atoms with Crippen molar-refractivity contribution >= 4 is 29.0 Å². The summed E-state index contributed by atoms with van der Waals surface area (Å²) in [6.07, 6.45) is 5.68. The number of thiophene rings is 1. The number of allylic oxidation sites excluding steroid dienone is 2. The van der Waals surface area contributed by atoms with Gasteiger partial charge in [-0.25, -0.2) is 9.59 Å². The van der Waals surface area contributed by atoms with E-state index in [0.717, 1.165) is 31.2 Å². The largest absolute Gasteiger partial charge is 0.465 e. The number of carbonyl (C=O) groups is 2. The van der Waals surface area contributed by atoms with E-state index in [-0.39, 0.29) is 18.1 Å². The monoisotopic (exact) mass is 393 g/mol. The standard InChI is InChI=1S/C21H31NO4S/c1-7-16(18-13(2)17(12-27-18)19(23)25-6)14-8-10-15(11-9-14)22-20(24)26-21(3,4)5/h7,12,14-15H,8-11H2,1-6H3,(H,22,24). The van der Waals surface area contributed by atoms with E-state index in [0.29, 0.717) is 11.5 Å². The second-order valence-corrected chi connectivity index (χ2v) is 8.91. The molecule has 1 N–H and O–H groups in total. The highest BCUT2D eigenvalue weighted by atomic mass is 32.1. The molecule has 6 heteroatoms. The molecule has 0 unspecified atom stereocenters. The van der Waals surface area contributed by atoms with Gasteiger partial charge in [0.25, 0.3) is 0 Å². The van der Waals surface area contributed by atoms with Crippen LogP contribution in [0.3, 0.4) is 0 Å². The van der Waals surface area contributed by atoms with E-state index in [1.165, 1.54) is 17.6 Å². The molecule has 0 aliphatic heterocycles. The van der Waals surface area contributed by atoms with E-state index < -0.39 is 5.60 Å². The van der Waals surface area contributed by atoms with Crippen molar-refractivity contribution in [3.63, 3.8) is 0 Å². The van der Waals surface area contributed by atoms with Crippen molar-refractivity contribution in [2.45, 2.75) is 71.9 Å². The van der Waals surface area contributed by atoms with Gasteiger partial charge in [-0.1, -0.05) is 6.08 Å². The second-order valence-electron chi connectivity index (χ2n) is 8.03. The van der Waals surface area contributed by atoms with Crippen molar-refractivity contribution in [3.8, 4) is 0 Å². The summed E-state index contributed by atoms with van der Waals surface area (Å²) in [7, 11) is 1.41. The molecule has 1 aromatic rings. The van der Waals surface area contributed by atoms with Crippen LogP contribution in [0.2, 0.25) is 0 Å². The minimum atomic E-state index is -0.479. The molecule has 0 radical (unpaired) electrons. The van der Waals surface area contributed by atoms with E-state index in [1.807, 2.05) is 33.1 Å². The average molecular weight is 394 g/mol. The van der Waals surface area contributed by atoms with E-state index in [1.54, 1.807) is 11.3 Å². The number of hydrogen-bond donors (Lipinski definition) is 1. The summed E-state index contributed by atoms with van der Waals surface area (Å²) in [5, 5.41) is 4.88. The fraction of sp³-hybridized carbons (Fsp3) is 0.619. The zero-order chi connectivity index (χ0) is 20.2. The third kappa shape index (κ3) is 5.58. The zero-order valence-electron chi connectivity index (χ0n) is 17.2. The quantitative estimate of drug-likeness (QED) is 0.702. The SMILES string of the molecule is CC=C(c1scc(C(=O)OC)c1C)C1CCC(NC(=O)OC(C)(C)C)CC1. The van der Waals surface area contributed by atoms with Crippen molar-refractivity contribution in [1.82, 2.24) is 5.32 Å². The highest BCUT2D eigenvalue weighted by Crippen LogP contribution is 2.40. The van der Waals surface area contributed by atoms with Crippen LogP contribution < -0.4 is 5.32 Å². The molecule has 1 aliphatic rings. The molecule has 0 aromatic carbocycles. The maximum Gasteiger partial charge on any atom is 0.407 e. The first-order valence-electron chi connectivity index (χ1n) is 9.48. The van der Waals surface area contributed by atoms with Crippen LogP contribution in [-0.4, -0.2) is 30.8 Å². The topological polar surface area (TPSA) is 64.6 Å². The van der Waals surface area contributed by atoms with Crippen molar-refractivity contribution < 1.29 is 19.1 Å². The molecule has 1 aliphatic carbocycles. The Morgan fingerprint density at radius 2 is 1.85 bits per heavy atom. The lowest BCUT2D eigenvalue weighted by Gasteiger charge is -2.31. The third-order valence-electron chi connectivity index (χ3n) is 4.91. The summed E-state index contributed by atoms with van der Waals surface area (Å²) < 4.78 is 10.2. The first kappa shape index (κ1) is 21.5. The first-order chi connectivity index (χ1) is 12.7. The fourth-order valence-electron chi connectivity index (χ4n) is 3.59. The molecule has 0 atom stereocenters. The van der Waals surface area contributed by atoms with Crippen molar-refractivity contribution in [2.75, 3.05) is 7.11 Å². The normalized spacial score (nSPS) is 20.9. The summed E-state index contributed by atoms with van der Waals surface area (Å²) in [6.45, 7) is 9.64. The van der Waals surface area contributed by atoms with Crippen molar-refractivity contribution in [2.24, 2.45) is 5.92 Å². The molecule has 1 amide bonds. The van der Waals surface area contributed by atoms with Crippen molar-refractivity contribution in [1.29, 1.82) is 0 Å². The van der Waals surface area contributed by atoms with E-state index in [4.69, 9.17) is 9.47 Å². The molecule has 0 spiro atoms. The molecule has 150 valence electrons. The molecular weight excluding hydrogens is 362 g/mol. The Kier molecular flexibility index (Phi) is 7.09. The zero-order valence-corrected chi connectivity index (χ0v) is 18.0. The minimum absolute atomic E-state index is 0.157. The van der Waals surface area contributed by atoms with Gasteiger partial charge in [0.15, 0.2) is 0 Å². The summed E-state index contributed by atoms with van der Waals surface area (Å²) in [4.78, 5) is 25.0. The number of alkyl carbamates (subject to hydrolysis) is 1. The summed E-state index contributed by atoms with van der Waals surface area (Å²) in [6, 6.07) is 0.157. The van der Waals surface area contributed by atoms with Gasteiger partial charge >= 0.3 is 12.1 Å². The number of rotatable bonds is 4. The van der Waals surface area contributed by atoms with Gasteiger partial charge in [-0.15, -0.1) is 11.3 Å². The molecule has 1 fully saturated rings. The lowest BCUT2D eigenvalue weighted by atomic mass is 9.80. The molecule has 1 heterocycles. The molecule has 1 saturated carbocycles. The Bertz CT molecular complexity index is 706. The highest BCUT2D eigenvalue weighted by molar-refractivity contribution is 7.11. The number of ether oxygens (including phenoxy) is 2. The fourth-order valence-corrected chi connectivity index (χ4v) is 4.80. The van der Waals surface area contributed by atoms with Crippen LogP contribution in [0.15, 0.2) is 11.5 Å². The first-order valence-corrected chi connectivity index (χ1v) is 10.4. The van der Waals surface area contributed by atoms with E-state index >= 15 is 0 Å². The van der Waals surface area contributed by atoms with E-state index in [9.17, 15) is 9.59 Å².